The van der Waals surface area contributed by atoms with E-state index in [2.05, 4.69) is 12.0 Å². The summed E-state index contributed by atoms with van der Waals surface area (Å²) in [5.74, 6) is 1.46. The molecule has 0 atom stereocenters. The van der Waals surface area contributed by atoms with Gasteiger partial charge >= 0.3 is 0 Å². The quantitative estimate of drug-likeness (QED) is 0.899. The van der Waals surface area contributed by atoms with Gasteiger partial charge in [-0.05, 0) is 31.9 Å². The zero-order valence-electron chi connectivity index (χ0n) is 11.1. The molecule has 1 aromatic heterocycles. The summed E-state index contributed by atoms with van der Waals surface area (Å²) in [6.45, 7) is 6.81. The van der Waals surface area contributed by atoms with E-state index in [9.17, 15) is 0 Å². The maximum atomic E-state index is 6.02. The van der Waals surface area contributed by atoms with Crippen LogP contribution in [-0.2, 0) is 6.54 Å². The fraction of sp³-hybridized carbons (Fsp3) is 0.357. The van der Waals surface area contributed by atoms with Gasteiger partial charge in [0, 0.05) is 6.54 Å². The summed E-state index contributed by atoms with van der Waals surface area (Å²) in [5, 5.41) is 4.39. The van der Waals surface area contributed by atoms with E-state index in [1.54, 1.807) is 0 Å². The third-order valence-corrected chi connectivity index (χ3v) is 2.86. The molecule has 0 unspecified atom stereocenters. The van der Waals surface area contributed by atoms with Crippen LogP contribution in [0.5, 0.6) is 11.6 Å². The summed E-state index contributed by atoms with van der Waals surface area (Å²) in [5.41, 5.74) is 8.53. The van der Waals surface area contributed by atoms with Crippen LogP contribution in [-0.4, -0.2) is 9.78 Å². The first-order valence-electron chi connectivity index (χ1n) is 6.19. The highest BCUT2D eigenvalue weighted by atomic mass is 16.5. The van der Waals surface area contributed by atoms with Crippen molar-refractivity contribution in [2.24, 2.45) is 0 Å². The molecule has 2 N–H and O–H groups in total. The van der Waals surface area contributed by atoms with Crippen molar-refractivity contribution in [2.75, 3.05) is 5.73 Å². The Morgan fingerprint density at radius 2 is 2.00 bits per heavy atom. The van der Waals surface area contributed by atoms with Gasteiger partial charge in [0.1, 0.15) is 11.4 Å². The van der Waals surface area contributed by atoms with Crippen molar-refractivity contribution in [1.82, 2.24) is 9.78 Å². The molecule has 4 heteroatoms. The molecular weight excluding hydrogens is 226 g/mol. The summed E-state index contributed by atoms with van der Waals surface area (Å²) in [7, 11) is 0. The first-order chi connectivity index (χ1) is 8.63. The van der Waals surface area contributed by atoms with E-state index in [0.717, 1.165) is 30.0 Å². The van der Waals surface area contributed by atoms with Crippen molar-refractivity contribution < 1.29 is 4.74 Å². The molecule has 0 aliphatic heterocycles. The minimum atomic E-state index is 0.617. The smallest absolute Gasteiger partial charge is 0.241 e. The lowest BCUT2D eigenvalue weighted by Crippen LogP contribution is -2.03. The van der Waals surface area contributed by atoms with Crippen LogP contribution in [0.2, 0.25) is 0 Å². The van der Waals surface area contributed by atoms with Crippen molar-refractivity contribution in [2.45, 2.75) is 33.7 Å². The number of hydrogen-bond acceptors (Lipinski definition) is 3. The van der Waals surface area contributed by atoms with Crippen LogP contribution in [0.1, 0.15) is 24.6 Å². The van der Waals surface area contributed by atoms with Crippen LogP contribution in [0.25, 0.3) is 0 Å². The van der Waals surface area contributed by atoms with E-state index in [1.807, 2.05) is 42.8 Å². The third kappa shape index (κ3) is 2.32. The second-order valence-corrected chi connectivity index (χ2v) is 4.39. The predicted octanol–water partition coefficient (Wildman–Crippen LogP) is 3.28. The molecule has 0 saturated heterocycles. The van der Waals surface area contributed by atoms with Gasteiger partial charge < -0.3 is 10.5 Å². The van der Waals surface area contributed by atoms with Crippen LogP contribution >= 0.6 is 0 Å². The van der Waals surface area contributed by atoms with E-state index < -0.39 is 0 Å². The number of nitrogens with zero attached hydrogens (tertiary/aromatic N) is 2. The van der Waals surface area contributed by atoms with Crippen LogP contribution in [0.4, 0.5) is 5.69 Å². The second kappa shape index (κ2) is 5.12. The van der Waals surface area contributed by atoms with Crippen molar-refractivity contribution in [3.8, 4) is 11.6 Å². The summed E-state index contributed by atoms with van der Waals surface area (Å²) in [6.07, 6.45) is 0.991. The lowest BCUT2D eigenvalue weighted by molar-refractivity contribution is 0.408. The maximum Gasteiger partial charge on any atom is 0.241 e. The van der Waals surface area contributed by atoms with Crippen LogP contribution < -0.4 is 10.5 Å². The lowest BCUT2D eigenvalue weighted by Gasteiger charge is -2.10. The number of nitrogen functional groups attached to an aromatic ring is 1. The van der Waals surface area contributed by atoms with Crippen molar-refractivity contribution in [3.05, 3.63) is 35.5 Å². The van der Waals surface area contributed by atoms with Gasteiger partial charge in [-0.2, -0.15) is 5.10 Å². The van der Waals surface area contributed by atoms with Gasteiger partial charge in [-0.1, -0.05) is 25.1 Å². The molecule has 18 heavy (non-hydrogen) atoms. The van der Waals surface area contributed by atoms with E-state index in [1.165, 1.54) is 0 Å². The Hall–Kier alpha value is -1.97. The third-order valence-electron chi connectivity index (χ3n) is 2.86. The van der Waals surface area contributed by atoms with Gasteiger partial charge in [0.25, 0.3) is 0 Å². The molecule has 1 heterocycles. The molecule has 0 radical (unpaired) electrons. The highest BCUT2D eigenvalue weighted by Crippen LogP contribution is 2.31. The van der Waals surface area contributed by atoms with E-state index in [4.69, 9.17) is 10.5 Å². The van der Waals surface area contributed by atoms with Gasteiger partial charge in [0.05, 0.1) is 5.69 Å². The van der Waals surface area contributed by atoms with Gasteiger partial charge in [-0.25, -0.2) is 4.68 Å². The molecular formula is C14H19N3O. The Bertz CT molecular complexity index is 546. The molecule has 4 nitrogen and oxygen atoms in total. The molecule has 1 aromatic carbocycles. The second-order valence-electron chi connectivity index (χ2n) is 4.39. The molecule has 0 aliphatic carbocycles. The Morgan fingerprint density at radius 3 is 2.67 bits per heavy atom. The van der Waals surface area contributed by atoms with Crippen LogP contribution in [0, 0.1) is 13.8 Å². The Kier molecular flexibility index (Phi) is 3.55. The SMILES string of the molecule is CCCn1nc(C)c(N)c1Oc1ccccc1C. The summed E-state index contributed by atoms with van der Waals surface area (Å²) < 4.78 is 7.75. The molecule has 2 aromatic rings. The van der Waals surface area contributed by atoms with E-state index >= 15 is 0 Å². The average molecular weight is 245 g/mol. The number of para-hydroxylation sites is 1. The number of rotatable bonds is 4. The normalized spacial score (nSPS) is 10.6. The fourth-order valence-electron chi connectivity index (χ4n) is 1.82. The predicted molar refractivity (Wildman–Crippen MR) is 72.9 cm³/mol. The minimum Gasteiger partial charge on any atom is -0.437 e. The minimum absolute atomic E-state index is 0.617. The van der Waals surface area contributed by atoms with Crippen LogP contribution in [0.15, 0.2) is 24.3 Å². The molecule has 0 spiro atoms. The molecule has 0 amide bonds. The molecule has 0 aliphatic rings. The van der Waals surface area contributed by atoms with Crippen LogP contribution in [0.3, 0.4) is 0 Å². The number of aromatic nitrogens is 2. The van der Waals surface area contributed by atoms with Gasteiger partial charge in [-0.3, -0.25) is 0 Å². The molecule has 2 rings (SSSR count). The monoisotopic (exact) mass is 245 g/mol. The Morgan fingerprint density at radius 1 is 1.28 bits per heavy atom. The number of anilines is 1. The standard InChI is InChI=1S/C14H19N3O/c1-4-9-17-14(13(15)11(3)16-17)18-12-8-6-5-7-10(12)2/h5-8H,4,9,15H2,1-3H3. The van der Waals surface area contributed by atoms with Gasteiger partial charge in [-0.15, -0.1) is 0 Å². The summed E-state index contributed by atoms with van der Waals surface area (Å²) in [6, 6.07) is 7.89. The molecule has 0 bridgehead atoms. The maximum absolute atomic E-state index is 6.02. The molecule has 96 valence electrons. The molecule has 0 fully saturated rings. The first-order valence-corrected chi connectivity index (χ1v) is 6.19. The van der Waals surface area contributed by atoms with Crippen molar-refractivity contribution in [1.29, 1.82) is 0 Å². The van der Waals surface area contributed by atoms with E-state index in [-0.39, 0.29) is 0 Å². The van der Waals surface area contributed by atoms with Crippen molar-refractivity contribution in [3.63, 3.8) is 0 Å². The highest BCUT2D eigenvalue weighted by molar-refractivity contribution is 5.54. The highest BCUT2D eigenvalue weighted by Gasteiger charge is 2.14. The Labute approximate surface area is 107 Å². The van der Waals surface area contributed by atoms with Crippen molar-refractivity contribution >= 4 is 5.69 Å². The lowest BCUT2D eigenvalue weighted by atomic mass is 10.2. The zero-order valence-corrected chi connectivity index (χ0v) is 11.1. The number of aryl methyl sites for hydroxylation is 3. The van der Waals surface area contributed by atoms with E-state index in [0.29, 0.717) is 11.6 Å². The Balaban J connectivity index is 2.36. The fourth-order valence-corrected chi connectivity index (χ4v) is 1.82. The number of hydrogen-bond donors (Lipinski definition) is 1. The first kappa shape index (κ1) is 12.5. The largest absolute Gasteiger partial charge is 0.437 e. The number of nitrogens with two attached hydrogens (primary N) is 1. The number of benzene rings is 1. The molecule has 0 saturated carbocycles. The topological polar surface area (TPSA) is 53.1 Å². The summed E-state index contributed by atoms with van der Waals surface area (Å²) >= 11 is 0. The number of ether oxygens (including phenoxy) is 1. The van der Waals surface area contributed by atoms with Gasteiger partial charge in [0.15, 0.2) is 0 Å². The average Bonchev–Trinajstić information content (AvgIpc) is 2.60. The summed E-state index contributed by atoms with van der Waals surface area (Å²) in [4.78, 5) is 0. The van der Waals surface area contributed by atoms with Gasteiger partial charge in [0.2, 0.25) is 5.88 Å². The zero-order chi connectivity index (χ0) is 13.1.